The number of thiocarbonyl (C=S) groups is 1. The molecule has 1 saturated carbocycles. The molecule has 3 nitrogen and oxygen atoms in total. The third-order valence-corrected chi connectivity index (χ3v) is 4.50. The van der Waals surface area contributed by atoms with Gasteiger partial charge in [-0.25, -0.2) is 0 Å². The highest BCUT2D eigenvalue weighted by Crippen LogP contribution is 2.30. The smallest absolute Gasteiger partial charge is 0.223 e. The number of nitrogens with zero attached hydrogens (tertiary/aromatic N) is 1. The maximum absolute atomic E-state index is 12.5. The van der Waals surface area contributed by atoms with E-state index in [2.05, 4.69) is 27.7 Å². The van der Waals surface area contributed by atoms with Gasteiger partial charge in [-0.1, -0.05) is 52.8 Å². The predicted molar refractivity (Wildman–Crippen MR) is 84.0 cm³/mol. The summed E-state index contributed by atoms with van der Waals surface area (Å²) >= 11 is 5.00. The molecule has 0 aliphatic heterocycles. The van der Waals surface area contributed by atoms with E-state index in [9.17, 15) is 4.79 Å². The van der Waals surface area contributed by atoms with Gasteiger partial charge in [0.15, 0.2) is 0 Å². The Bertz CT molecular complexity index is 330. The van der Waals surface area contributed by atoms with Crippen LogP contribution >= 0.6 is 12.2 Å². The fourth-order valence-corrected chi connectivity index (χ4v) is 2.63. The number of carbonyl (C=O) groups is 1. The number of amides is 1. The van der Waals surface area contributed by atoms with Gasteiger partial charge in [-0.05, 0) is 24.2 Å². The van der Waals surface area contributed by atoms with E-state index in [1.165, 1.54) is 12.8 Å². The summed E-state index contributed by atoms with van der Waals surface area (Å²) in [6.07, 6.45) is 5.19. The van der Waals surface area contributed by atoms with Crippen molar-refractivity contribution < 1.29 is 4.79 Å². The summed E-state index contributed by atoms with van der Waals surface area (Å²) < 4.78 is 0. The van der Waals surface area contributed by atoms with E-state index in [-0.39, 0.29) is 11.3 Å². The minimum Gasteiger partial charge on any atom is -0.392 e. The highest BCUT2D eigenvalue weighted by molar-refractivity contribution is 7.80. The Labute approximate surface area is 122 Å². The van der Waals surface area contributed by atoms with Crippen molar-refractivity contribution in [3.63, 3.8) is 0 Å². The van der Waals surface area contributed by atoms with Crippen molar-refractivity contribution in [1.82, 2.24) is 4.90 Å². The molecule has 0 aromatic heterocycles. The Kier molecular flexibility index (Phi) is 5.78. The van der Waals surface area contributed by atoms with Gasteiger partial charge in [-0.3, -0.25) is 4.79 Å². The Hall–Kier alpha value is -0.640. The van der Waals surface area contributed by atoms with E-state index in [0.717, 1.165) is 12.8 Å². The average molecular weight is 284 g/mol. The molecule has 0 saturated heterocycles. The van der Waals surface area contributed by atoms with E-state index in [1.807, 2.05) is 4.90 Å². The molecular weight excluding hydrogens is 256 g/mol. The second-order valence-electron chi connectivity index (χ2n) is 6.90. The first kappa shape index (κ1) is 16.4. The maximum Gasteiger partial charge on any atom is 0.223 e. The lowest BCUT2D eigenvalue weighted by atomic mass is 9.80. The van der Waals surface area contributed by atoms with Crippen molar-refractivity contribution >= 4 is 23.1 Å². The van der Waals surface area contributed by atoms with Crippen LogP contribution in [0, 0.1) is 11.3 Å². The van der Waals surface area contributed by atoms with E-state index in [4.69, 9.17) is 18.0 Å². The van der Waals surface area contributed by atoms with E-state index < -0.39 is 0 Å². The van der Waals surface area contributed by atoms with Gasteiger partial charge in [-0.2, -0.15) is 0 Å². The van der Waals surface area contributed by atoms with Crippen LogP contribution in [0.4, 0.5) is 0 Å². The Morgan fingerprint density at radius 3 is 2.32 bits per heavy atom. The van der Waals surface area contributed by atoms with Gasteiger partial charge in [-0.15, -0.1) is 0 Å². The first-order valence-corrected chi connectivity index (χ1v) is 7.70. The average Bonchev–Trinajstić information content (AvgIpc) is 2.77. The molecule has 110 valence electrons. The second-order valence-corrected chi connectivity index (χ2v) is 7.42. The summed E-state index contributed by atoms with van der Waals surface area (Å²) in [7, 11) is 0. The molecule has 0 heterocycles. The SMILES string of the molecule is CC(CC(=O)N(CC(N)=S)C1CCCC1)C(C)(C)C. The number of hydrogen-bond acceptors (Lipinski definition) is 2. The van der Waals surface area contributed by atoms with Crippen LogP contribution in [0.5, 0.6) is 0 Å². The quantitative estimate of drug-likeness (QED) is 0.789. The van der Waals surface area contributed by atoms with E-state index in [1.54, 1.807) is 0 Å². The number of hydrogen-bond donors (Lipinski definition) is 1. The largest absolute Gasteiger partial charge is 0.392 e. The molecule has 0 spiro atoms. The van der Waals surface area contributed by atoms with Crippen LogP contribution < -0.4 is 5.73 Å². The topological polar surface area (TPSA) is 46.3 Å². The minimum absolute atomic E-state index is 0.153. The Balaban J connectivity index is 2.68. The van der Waals surface area contributed by atoms with Gasteiger partial charge in [0.2, 0.25) is 5.91 Å². The van der Waals surface area contributed by atoms with E-state index in [0.29, 0.717) is 29.9 Å². The van der Waals surface area contributed by atoms with Crippen LogP contribution in [0.1, 0.15) is 59.8 Å². The zero-order valence-corrected chi connectivity index (χ0v) is 13.6. The molecule has 1 unspecified atom stereocenters. The molecule has 4 heteroatoms. The molecule has 1 amide bonds. The van der Waals surface area contributed by atoms with Crippen LogP contribution in [0.15, 0.2) is 0 Å². The molecule has 0 bridgehead atoms. The van der Waals surface area contributed by atoms with Crippen LogP contribution in [-0.4, -0.2) is 28.4 Å². The monoisotopic (exact) mass is 284 g/mol. The molecule has 1 aliphatic carbocycles. The van der Waals surface area contributed by atoms with Crippen molar-refractivity contribution in [3.05, 3.63) is 0 Å². The summed E-state index contributed by atoms with van der Waals surface area (Å²) in [4.78, 5) is 14.9. The van der Waals surface area contributed by atoms with Crippen molar-refractivity contribution in [1.29, 1.82) is 0 Å². The Morgan fingerprint density at radius 2 is 1.89 bits per heavy atom. The summed E-state index contributed by atoms with van der Waals surface area (Å²) in [6.45, 7) is 9.12. The van der Waals surface area contributed by atoms with Gasteiger partial charge < -0.3 is 10.6 Å². The van der Waals surface area contributed by atoms with Gasteiger partial charge in [0.05, 0.1) is 11.5 Å². The molecular formula is C15H28N2OS. The minimum atomic E-state index is 0.153. The van der Waals surface area contributed by atoms with Gasteiger partial charge in [0, 0.05) is 12.5 Å². The third kappa shape index (κ3) is 5.09. The van der Waals surface area contributed by atoms with Crippen molar-refractivity contribution in [2.75, 3.05) is 6.54 Å². The molecule has 19 heavy (non-hydrogen) atoms. The lowest BCUT2D eigenvalue weighted by molar-refractivity contribution is -0.134. The van der Waals surface area contributed by atoms with Gasteiger partial charge >= 0.3 is 0 Å². The van der Waals surface area contributed by atoms with E-state index >= 15 is 0 Å². The lowest BCUT2D eigenvalue weighted by Crippen LogP contribution is -2.44. The molecule has 0 aromatic carbocycles. The van der Waals surface area contributed by atoms with Crippen LogP contribution in [0.3, 0.4) is 0 Å². The van der Waals surface area contributed by atoms with Crippen molar-refractivity contribution in [2.24, 2.45) is 17.1 Å². The number of carbonyl (C=O) groups excluding carboxylic acids is 1. The first-order valence-electron chi connectivity index (χ1n) is 7.29. The third-order valence-electron chi connectivity index (χ3n) is 4.37. The first-order chi connectivity index (χ1) is 8.71. The Morgan fingerprint density at radius 1 is 1.37 bits per heavy atom. The standard InChI is InChI=1S/C15H28N2OS/c1-11(15(2,3)4)9-14(18)17(10-13(16)19)12-7-5-6-8-12/h11-12H,5-10H2,1-4H3,(H2,16,19). The predicted octanol–water partition coefficient (Wildman–Crippen LogP) is 3.12. The number of rotatable bonds is 5. The zero-order valence-electron chi connectivity index (χ0n) is 12.7. The molecule has 1 fully saturated rings. The summed E-state index contributed by atoms with van der Waals surface area (Å²) in [5.41, 5.74) is 5.81. The molecule has 1 aliphatic rings. The molecule has 0 radical (unpaired) electrons. The molecule has 1 rings (SSSR count). The zero-order chi connectivity index (χ0) is 14.6. The highest BCUT2D eigenvalue weighted by Gasteiger charge is 2.30. The maximum atomic E-state index is 12.5. The highest BCUT2D eigenvalue weighted by atomic mass is 32.1. The van der Waals surface area contributed by atoms with Crippen molar-refractivity contribution in [3.8, 4) is 0 Å². The lowest BCUT2D eigenvalue weighted by Gasteiger charge is -2.33. The van der Waals surface area contributed by atoms with Gasteiger partial charge in [0.25, 0.3) is 0 Å². The summed E-state index contributed by atoms with van der Waals surface area (Å²) in [5.74, 6) is 0.567. The summed E-state index contributed by atoms with van der Waals surface area (Å²) in [6, 6.07) is 0.348. The van der Waals surface area contributed by atoms with Crippen LogP contribution in [-0.2, 0) is 4.79 Å². The number of nitrogens with two attached hydrogens (primary N) is 1. The van der Waals surface area contributed by atoms with Crippen LogP contribution in [0.25, 0.3) is 0 Å². The fraction of sp³-hybridized carbons (Fsp3) is 0.867. The van der Waals surface area contributed by atoms with Crippen molar-refractivity contribution in [2.45, 2.75) is 65.8 Å². The summed E-state index contributed by atoms with van der Waals surface area (Å²) in [5, 5.41) is 0. The van der Waals surface area contributed by atoms with Crippen LogP contribution in [0.2, 0.25) is 0 Å². The molecule has 0 aromatic rings. The van der Waals surface area contributed by atoms with Gasteiger partial charge in [0.1, 0.15) is 0 Å². The normalized spacial score (nSPS) is 18.3. The molecule has 2 N–H and O–H groups in total. The fourth-order valence-electron chi connectivity index (χ4n) is 2.49. The molecule has 1 atom stereocenters. The second kappa shape index (κ2) is 6.69.